The lowest BCUT2D eigenvalue weighted by Gasteiger charge is -2.01. The van der Waals surface area contributed by atoms with Gasteiger partial charge >= 0.3 is 7.12 Å². The van der Waals surface area contributed by atoms with Gasteiger partial charge in [0.15, 0.2) is 0 Å². The lowest BCUT2D eigenvalue weighted by atomic mass is 9.80. The van der Waals surface area contributed by atoms with Gasteiger partial charge in [0.1, 0.15) is 0 Å². The summed E-state index contributed by atoms with van der Waals surface area (Å²) in [6.45, 7) is 0. The van der Waals surface area contributed by atoms with Crippen LogP contribution in [0.3, 0.4) is 0 Å². The standard InChI is InChI=1S/C14H11BO2/c16-15(14-9-5-2-6-10-14)17-12-11-13-7-3-1-4-8-13/h1-10,16H. The maximum atomic E-state index is 9.67. The second-order valence-electron chi connectivity index (χ2n) is 3.47. The first-order valence-electron chi connectivity index (χ1n) is 5.31. The van der Waals surface area contributed by atoms with Crippen LogP contribution in [0.2, 0.25) is 0 Å². The van der Waals surface area contributed by atoms with Crippen LogP contribution >= 0.6 is 0 Å². The van der Waals surface area contributed by atoms with Crippen LogP contribution in [0, 0.1) is 12.0 Å². The summed E-state index contributed by atoms with van der Waals surface area (Å²) in [7, 11) is -1.01. The van der Waals surface area contributed by atoms with Gasteiger partial charge < -0.3 is 9.68 Å². The highest BCUT2D eigenvalue weighted by Gasteiger charge is 2.15. The van der Waals surface area contributed by atoms with E-state index in [0.717, 1.165) is 5.56 Å². The molecule has 0 aliphatic rings. The minimum absolute atomic E-state index is 0.690. The van der Waals surface area contributed by atoms with E-state index >= 15 is 0 Å². The predicted molar refractivity (Wildman–Crippen MR) is 68.5 cm³/mol. The minimum atomic E-state index is -1.01. The molecule has 0 unspecified atom stereocenters. The highest BCUT2D eigenvalue weighted by molar-refractivity contribution is 6.60. The summed E-state index contributed by atoms with van der Waals surface area (Å²) in [4.78, 5) is 0. The van der Waals surface area contributed by atoms with E-state index in [2.05, 4.69) is 12.0 Å². The normalized spacial score (nSPS) is 9.00. The van der Waals surface area contributed by atoms with E-state index in [1.165, 1.54) is 0 Å². The number of hydrogen-bond donors (Lipinski definition) is 1. The van der Waals surface area contributed by atoms with Crippen LogP contribution in [0.15, 0.2) is 60.7 Å². The summed E-state index contributed by atoms with van der Waals surface area (Å²) < 4.78 is 5.03. The second kappa shape index (κ2) is 5.79. The van der Waals surface area contributed by atoms with E-state index in [1.807, 2.05) is 48.5 Å². The molecule has 2 nitrogen and oxygen atoms in total. The molecule has 17 heavy (non-hydrogen) atoms. The quantitative estimate of drug-likeness (QED) is 0.614. The Morgan fingerprint density at radius 3 is 2.12 bits per heavy atom. The Balaban J connectivity index is 1.98. The smallest absolute Gasteiger partial charge is 0.483 e. The van der Waals surface area contributed by atoms with Gasteiger partial charge in [0.25, 0.3) is 0 Å². The van der Waals surface area contributed by atoms with E-state index in [9.17, 15) is 5.02 Å². The minimum Gasteiger partial charge on any atom is -0.483 e. The molecule has 3 heteroatoms. The molecule has 0 bridgehead atoms. The highest BCUT2D eigenvalue weighted by atomic mass is 16.5. The molecule has 1 N–H and O–H groups in total. The molecular weight excluding hydrogens is 211 g/mol. The Kier molecular flexibility index (Phi) is 3.85. The molecule has 0 spiro atoms. The zero-order chi connectivity index (χ0) is 11.9. The van der Waals surface area contributed by atoms with E-state index in [1.54, 1.807) is 12.1 Å². The fourth-order valence-electron chi connectivity index (χ4n) is 1.35. The predicted octanol–water partition coefficient (Wildman–Crippen LogP) is 1.40. The first-order chi connectivity index (χ1) is 8.36. The molecule has 0 aliphatic carbocycles. The van der Waals surface area contributed by atoms with Crippen molar-refractivity contribution in [3.8, 4) is 12.0 Å². The summed E-state index contributed by atoms with van der Waals surface area (Å²) in [6, 6.07) is 18.6. The Hall–Kier alpha value is -2.18. The van der Waals surface area contributed by atoms with Crippen molar-refractivity contribution in [1.82, 2.24) is 0 Å². The maximum Gasteiger partial charge on any atom is 0.568 e. The summed E-state index contributed by atoms with van der Waals surface area (Å²) in [5.74, 6) is 2.81. The molecule has 0 radical (unpaired) electrons. The fourth-order valence-corrected chi connectivity index (χ4v) is 1.35. The Morgan fingerprint density at radius 1 is 0.882 bits per heavy atom. The Labute approximate surface area is 101 Å². The van der Waals surface area contributed by atoms with Crippen LogP contribution in [-0.4, -0.2) is 12.1 Å². The van der Waals surface area contributed by atoms with Gasteiger partial charge in [-0.2, -0.15) is 0 Å². The average molecular weight is 222 g/mol. The lowest BCUT2D eigenvalue weighted by molar-refractivity contribution is 0.408. The third-order valence-electron chi connectivity index (χ3n) is 2.22. The third kappa shape index (κ3) is 3.41. The van der Waals surface area contributed by atoms with Gasteiger partial charge in [0.05, 0.1) is 6.11 Å². The third-order valence-corrected chi connectivity index (χ3v) is 2.22. The summed E-state index contributed by atoms with van der Waals surface area (Å²) in [6.07, 6.45) is 2.50. The van der Waals surface area contributed by atoms with Crippen molar-refractivity contribution < 1.29 is 9.68 Å². The van der Waals surface area contributed by atoms with Crippen molar-refractivity contribution in [3.63, 3.8) is 0 Å². The molecule has 0 amide bonds. The zero-order valence-corrected chi connectivity index (χ0v) is 9.21. The summed E-state index contributed by atoms with van der Waals surface area (Å²) >= 11 is 0. The SMILES string of the molecule is OB(OC#Cc1ccccc1)c1ccccc1. The molecule has 0 atom stereocenters. The van der Waals surface area contributed by atoms with Crippen molar-refractivity contribution in [2.75, 3.05) is 0 Å². The van der Waals surface area contributed by atoms with Crippen molar-refractivity contribution in [3.05, 3.63) is 66.2 Å². The molecule has 0 aromatic heterocycles. The average Bonchev–Trinajstić information content (AvgIpc) is 2.41. The molecule has 0 saturated carbocycles. The molecule has 2 rings (SSSR count). The Bertz CT molecular complexity index is 514. The van der Waals surface area contributed by atoms with Crippen LogP contribution in [0.1, 0.15) is 5.56 Å². The Morgan fingerprint density at radius 2 is 1.47 bits per heavy atom. The van der Waals surface area contributed by atoms with Crippen molar-refractivity contribution in [1.29, 1.82) is 0 Å². The number of benzene rings is 2. The molecule has 2 aromatic carbocycles. The van der Waals surface area contributed by atoms with Crippen LogP contribution in [-0.2, 0) is 4.65 Å². The summed E-state index contributed by atoms with van der Waals surface area (Å²) in [5.41, 5.74) is 1.54. The van der Waals surface area contributed by atoms with Gasteiger partial charge in [0.2, 0.25) is 0 Å². The van der Waals surface area contributed by atoms with Gasteiger partial charge in [-0.3, -0.25) is 0 Å². The molecule has 0 fully saturated rings. The topological polar surface area (TPSA) is 29.5 Å². The van der Waals surface area contributed by atoms with Gasteiger partial charge in [-0.15, -0.1) is 0 Å². The number of rotatable bonds is 2. The second-order valence-corrected chi connectivity index (χ2v) is 3.47. The highest BCUT2D eigenvalue weighted by Crippen LogP contribution is 1.95. The van der Waals surface area contributed by atoms with E-state index < -0.39 is 7.12 Å². The van der Waals surface area contributed by atoms with Crippen LogP contribution in [0.25, 0.3) is 0 Å². The van der Waals surface area contributed by atoms with E-state index in [0.29, 0.717) is 5.46 Å². The van der Waals surface area contributed by atoms with Crippen LogP contribution in [0.5, 0.6) is 0 Å². The van der Waals surface area contributed by atoms with Gasteiger partial charge in [-0.05, 0) is 23.5 Å². The van der Waals surface area contributed by atoms with Gasteiger partial charge in [-0.1, -0.05) is 48.5 Å². The van der Waals surface area contributed by atoms with Crippen LogP contribution in [0.4, 0.5) is 0 Å². The first kappa shape index (κ1) is 11.3. The van der Waals surface area contributed by atoms with Crippen molar-refractivity contribution >= 4 is 12.6 Å². The monoisotopic (exact) mass is 222 g/mol. The van der Waals surface area contributed by atoms with Gasteiger partial charge in [0, 0.05) is 5.56 Å². The molecule has 0 heterocycles. The van der Waals surface area contributed by atoms with Crippen LogP contribution < -0.4 is 5.46 Å². The van der Waals surface area contributed by atoms with E-state index in [-0.39, 0.29) is 0 Å². The van der Waals surface area contributed by atoms with E-state index in [4.69, 9.17) is 4.65 Å². The molecule has 2 aromatic rings. The zero-order valence-electron chi connectivity index (χ0n) is 9.21. The van der Waals surface area contributed by atoms with Crippen molar-refractivity contribution in [2.24, 2.45) is 0 Å². The maximum absolute atomic E-state index is 9.67. The fraction of sp³-hybridized carbons (Fsp3) is 0. The van der Waals surface area contributed by atoms with Crippen molar-refractivity contribution in [2.45, 2.75) is 0 Å². The summed E-state index contributed by atoms with van der Waals surface area (Å²) in [5, 5.41) is 9.67. The largest absolute Gasteiger partial charge is 0.568 e. The lowest BCUT2D eigenvalue weighted by Crippen LogP contribution is -2.31. The molecule has 0 aliphatic heterocycles. The van der Waals surface area contributed by atoms with Gasteiger partial charge in [-0.25, -0.2) is 0 Å². The molecular formula is C14H11BO2. The number of hydrogen-bond acceptors (Lipinski definition) is 2. The molecule has 82 valence electrons. The first-order valence-corrected chi connectivity index (χ1v) is 5.31. The molecule has 0 saturated heterocycles.